The predicted molar refractivity (Wildman–Crippen MR) is 57.5 cm³/mol. The summed E-state index contributed by atoms with van der Waals surface area (Å²) in [5.74, 6) is 7.42. The molecule has 0 aromatic carbocycles. The van der Waals surface area contributed by atoms with Gasteiger partial charge in [-0.2, -0.15) is 0 Å². The smallest absolute Gasteiger partial charge is 0.133 e. The third kappa shape index (κ3) is 2.77. The van der Waals surface area contributed by atoms with Gasteiger partial charge >= 0.3 is 0 Å². The molecule has 0 N–H and O–H groups in total. The molecule has 15 heavy (non-hydrogen) atoms. The molecule has 3 nitrogen and oxygen atoms in total. The van der Waals surface area contributed by atoms with E-state index in [1.54, 1.807) is 7.11 Å². The molecule has 2 rings (SSSR count). The molecule has 0 aliphatic heterocycles. The molecule has 0 unspecified atom stereocenters. The van der Waals surface area contributed by atoms with Gasteiger partial charge in [0.25, 0.3) is 0 Å². The van der Waals surface area contributed by atoms with E-state index in [9.17, 15) is 0 Å². The van der Waals surface area contributed by atoms with Crippen LogP contribution in [0.3, 0.4) is 0 Å². The molecule has 1 aliphatic rings. The zero-order valence-corrected chi connectivity index (χ0v) is 9.08. The Hall–Kier alpha value is -1.40. The van der Waals surface area contributed by atoms with Gasteiger partial charge in [-0.1, -0.05) is 5.92 Å². The van der Waals surface area contributed by atoms with Crippen molar-refractivity contribution in [1.29, 1.82) is 0 Å². The second-order valence-electron chi connectivity index (χ2n) is 3.76. The molecule has 1 heterocycles. The Morgan fingerprint density at radius 3 is 2.93 bits per heavy atom. The summed E-state index contributed by atoms with van der Waals surface area (Å²) in [7, 11) is 1.63. The molecular formula is C12H14N2O. The SMILES string of the molecule is COCC#Cc1cc(C)nc(C2CC2)n1. The van der Waals surface area contributed by atoms with Gasteiger partial charge in [0, 0.05) is 18.7 Å². The molecule has 0 saturated heterocycles. The number of hydrogen-bond donors (Lipinski definition) is 0. The summed E-state index contributed by atoms with van der Waals surface area (Å²) >= 11 is 0. The number of aryl methyl sites for hydroxylation is 1. The molecule has 1 aromatic heterocycles. The summed E-state index contributed by atoms with van der Waals surface area (Å²) in [5, 5.41) is 0. The largest absolute Gasteiger partial charge is 0.372 e. The van der Waals surface area contributed by atoms with Crippen molar-refractivity contribution in [3.63, 3.8) is 0 Å². The van der Waals surface area contributed by atoms with Crippen LogP contribution in [0.15, 0.2) is 6.07 Å². The summed E-state index contributed by atoms with van der Waals surface area (Å²) in [6, 6.07) is 1.91. The Labute approximate surface area is 89.9 Å². The van der Waals surface area contributed by atoms with Crippen LogP contribution >= 0.6 is 0 Å². The minimum atomic E-state index is 0.446. The van der Waals surface area contributed by atoms with E-state index in [1.807, 2.05) is 13.0 Å². The Morgan fingerprint density at radius 1 is 1.47 bits per heavy atom. The van der Waals surface area contributed by atoms with Gasteiger partial charge in [0.1, 0.15) is 18.1 Å². The maximum absolute atomic E-state index is 4.87. The second kappa shape index (κ2) is 4.41. The lowest BCUT2D eigenvalue weighted by Crippen LogP contribution is -1.97. The van der Waals surface area contributed by atoms with Crippen LogP contribution in [0.1, 0.15) is 36.0 Å². The van der Waals surface area contributed by atoms with E-state index in [1.165, 1.54) is 12.8 Å². The molecule has 1 aromatic rings. The number of hydrogen-bond acceptors (Lipinski definition) is 3. The fourth-order valence-electron chi connectivity index (χ4n) is 1.38. The van der Waals surface area contributed by atoms with Crippen molar-refractivity contribution in [2.24, 2.45) is 0 Å². The maximum atomic E-state index is 4.87. The van der Waals surface area contributed by atoms with Gasteiger partial charge in [0.2, 0.25) is 0 Å². The van der Waals surface area contributed by atoms with Gasteiger partial charge in [-0.05, 0) is 31.8 Å². The van der Waals surface area contributed by atoms with E-state index in [0.717, 1.165) is 17.2 Å². The minimum absolute atomic E-state index is 0.446. The van der Waals surface area contributed by atoms with E-state index in [0.29, 0.717) is 12.5 Å². The molecule has 0 atom stereocenters. The van der Waals surface area contributed by atoms with Crippen LogP contribution in [0, 0.1) is 18.8 Å². The number of aromatic nitrogens is 2. The zero-order chi connectivity index (χ0) is 10.7. The van der Waals surface area contributed by atoms with Gasteiger partial charge in [0.05, 0.1) is 0 Å². The van der Waals surface area contributed by atoms with Crippen LogP contribution < -0.4 is 0 Å². The van der Waals surface area contributed by atoms with E-state index in [2.05, 4.69) is 21.8 Å². The lowest BCUT2D eigenvalue weighted by molar-refractivity contribution is 0.240. The Kier molecular flexibility index (Phi) is 2.98. The lowest BCUT2D eigenvalue weighted by atomic mass is 10.3. The van der Waals surface area contributed by atoms with E-state index >= 15 is 0 Å². The molecule has 0 bridgehead atoms. The molecule has 1 fully saturated rings. The quantitative estimate of drug-likeness (QED) is 0.684. The maximum Gasteiger partial charge on any atom is 0.133 e. The Balaban J connectivity index is 2.20. The van der Waals surface area contributed by atoms with Gasteiger partial charge in [-0.15, -0.1) is 0 Å². The average Bonchev–Trinajstić information content (AvgIpc) is 3.00. The summed E-state index contributed by atoms with van der Waals surface area (Å²) in [4.78, 5) is 8.84. The second-order valence-corrected chi connectivity index (χ2v) is 3.76. The molecule has 0 radical (unpaired) electrons. The highest BCUT2D eigenvalue weighted by Gasteiger charge is 2.26. The lowest BCUT2D eigenvalue weighted by Gasteiger charge is -1.99. The van der Waals surface area contributed by atoms with E-state index < -0.39 is 0 Å². The highest BCUT2D eigenvalue weighted by Crippen LogP contribution is 2.37. The number of methoxy groups -OCH3 is 1. The molecule has 0 amide bonds. The third-order valence-corrected chi connectivity index (χ3v) is 2.25. The highest BCUT2D eigenvalue weighted by molar-refractivity contribution is 5.30. The van der Waals surface area contributed by atoms with Crippen molar-refractivity contribution in [3.05, 3.63) is 23.3 Å². The van der Waals surface area contributed by atoms with Crippen molar-refractivity contribution in [2.75, 3.05) is 13.7 Å². The molecule has 3 heteroatoms. The number of ether oxygens (including phenoxy) is 1. The third-order valence-electron chi connectivity index (χ3n) is 2.25. The molecule has 1 aliphatic carbocycles. The van der Waals surface area contributed by atoms with Crippen molar-refractivity contribution >= 4 is 0 Å². The monoisotopic (exact) mass is 202 g/mol. The van der Waals surface area contributed by atoms with Crippen LogP contribution in [-0.2, 0) is 4.74 Å². The average molecular weight is 202 g/mol. The van der Waals surface area contributed by atoms with E-state index in [4.69, 9.17) is 4.74 Å². The van der Waals surface area contributed by atoms with Gasteiger partial charge in [-0.3, -0.25) is 0 Å². The minimum Gasteiger partial charge on any atom is -0.372 e. The summed E-state index contributed by atoms with van der Waals surface area (Å²) in [5.41, 5.74) is 1.80. The number of rotatable bonds is 2. The summed E-state index contributed by atoms with van der Waals surface area (Å²) in [6.07, 6.45) is 2.43. The normalized spacial score (nSPS) is 14.5. The van der Waals surface area contributed by atoms with E-state index in [-0.39, 0.29) is 0 Å². The molecule has 1 saturated carbocycles. The summed E-state index contributed by atoms with van der Waals surface area (Å²) in [6.45, 7) is 2.43. The fraction of sp³-hybridized carbons (Fsp3) is 0.500. The first-order valence-corrected chi connectivity index (χ1v) is 5.13. The Morgan fingerprint density at radius 2 is 2.27 bits per heavy atom. The first-order valence-electron chi connectivity index (χ1n) is 5.13. The first-order chi connectivity index (χ1) is 7.29. The van der Waals surface area contributed by atoms with Crippen LogP contribution in [-0.4, -0.2) is 23.7 Å². The van der Waals surface area contributed by atoms with Crippen LogP contribution in [0.4, 0.5) is 0 Å². The van der Waals surface area contributed by atoms with Crippen LogP contribution in [0.25, 0.3) is 0 Å². The fourth-order valence-corrected chi connectivity index (χ4v) is 1.38. The highest BCUT2D eigenvalue weighted by atomic mass is 16.5. The topological polar surface area (TPSA) is 35.0 Å². The van der Waals surface area contributed by atoms with Crippen molar-refractivity contribution in [3.8, 4) is 11.8 Å². The molecule has 78 valence electrons. The van der Waals surface area contributed by atoms with Crippen molar-refractivity contribution in [1.82, 2.24) is 9.97 Å². The van der Waals surface area contributed by atoms with Crippen molar-refractivity contribution in [2.45, 2.75) is 25.7 Å². The predicted octanol–water partition coefficient (Wildman–Crippen LogP) is 1.66. The van der Waals surface area contributed by atoms with Crippen LogP contribution in [0.2, 0.25) is 0 Å². The molecule has 0 spiro atoms. The standard InChI is InChI=1S/C12H14N2O/c1-9-8-11(4-3-7-15-2)14-12(13-9)10-5-6-10/h8,10H,5-7H2,1-2H3. The van der Waals surface area contributed by atoms with Gasteiger partial charge < -0.3 is 4.74 Å². The van der Waals surface area contributed by atoms with Gasteiger partial charge in [-0.25, -0.2) is 9.97 Å². The van der Waals surface area contributed by atoms with Crippen molar-refractivity contribution < 1.29 is 4.74 Å². The summed E-state index contributed by atoms with van der Waals surface area (Å²) < 4.78 is 4.87. The van der Waals surface area contributed by atoms with Crippen LogP contribution in [0.5, 0.6) is 0 Å². The Bertz CT molecular complexity index is 413. The zero-order valence-electron chi connectivity index (χ0n) is 9.08. The number of nitrogens with zero attached hydrogens (tertiary/aromatic N) is 2. The van der Waals surface area contributed by atoms with Gasteiger partial charge in [0.15, 0.2) is 0 Å². The first kappa shape index (κ1) is 10.1. The molecular weight excluding hydrogens is 188 g/mol.